The normalized spacial score (nSPS) is 10.6. The fourth-order valence-electron chi connectivity index (χ4n) is 1.70. The van der Waals surface area contributed by atoms with E-state index in [0.717, 1.165) is 11.4 Å². The molecule has 2 rings (SSSR count). The Hall–Kier alpha value is -2.44. The van der Waals surface area contributed by atoms with Crippen molar-refractivity contribution in [3.8, 4) is 0 Å². The fourth-order valence-corrected chi connectivity index (χ4v) is 1.70. The summed E-state index contributed by atoms with van der Waals surface area (Å²) in [6.07, 6.45) is 0. The third-order valence-corrected chi connectivity index (χ3v) is 2.86. The van der Waals surface area contributed by atoms with Crippen LogP contribution < -0.4 is 22.4 Å². The number of rotatable bonds is 2. The topological polar surface area (TPSA) is 97.8 Å². The maximum absolute atomic E-state index is 11.7. The second-order valence-electron chi connectivity index (χ2n) is 4.14. The molecule has 0 bridgehead atoms. The van der Waals surface area contributed by atoms with Crippen molar-refractivity contribution in [2.24, 2.45) is 7.05 Å². The number of aryl methyl sites for hydroxylation is 2. The van der Waals surface area contributed by atoms with Crippen LogP contribution in [0.1, 0.15) is 11.4 Å². The molecule has 2 aromatic rings. The van der Waals surface area contributed by atoms with Crippen molar-refractivity contribution >= 4 is 11.5 Å². The smallest absolute Gasteiger partial charge is 0.329 e. The molecule has 2 heterocycles. The molecule has 0 aliphatic heterocycles. The molecule has 7 nitrogen and oxygen atoms in total. The van der Waals surface area contributed by atoms with E-state index in [-0.39, 0.29) is 11.5 Å². The summed E-state index contributed by atoms with van der Waals surface area (Å²) >= 11 is 0. The van der Waals surface area contributed by atoms with Crippen LogP contribution in [0.25, 0.3) is 0 Å². The maximum Gasteiger partial charge on any atom is 0.329 e. The van der Waals surface area contributed by atoms with Crippen molar-refractivity contribution in [2.45, 2.75) is 13.8 Å². The van der Waals surface area contributed by atoms with Crippen molar-refractivity contribution in [1.29, 1.82) is 0 Å². The molecule has 0 spiro atoms. The van der Waals surface area contributed by atoms with Crippen molar-refractivity contribution < 1.29 is 0 Å². The van der Waals surface area contributed by atoms with Crippen LogP contribution >= 0.6 is 0 Å². The molecule has 0 saturated carbocycles. The molecule has 0 aliphatic rings. The summed E-state index contributed by atoms with van der Waals surface area (Å²) in [5.74, 6) is 0.0938. The lowest BCUT2D eigenvalue weighted by atomic mass is 10.4. The summed E-state index contributed by atoms with van der Waals surface area (Å²) < 4.78 is 2.91. The van der Waals surface area contributed by atoms with E-state index in [9.17, 15) is 9.59 Å². The lowest BCUT2D eigenvalue weighted by Gasteiger charge is -2.14. The van der Waals surface area contributed by atoms with Gasteiger partial charge < -0.3 is 5.73 Å². The first-order chi connectivity index (χ1) is 8.41. The van der Waals surface area contributed by atoms with Crippen molar-refractivity contribution in [3.63, 3.8) is 0 Å². The minimum absolute atomic E-state index is 0.0938. The summed E-state index contributed by atoms with van der Waals surface area (Å²) in [4.78, 5) is 25.3. The second-order valence-corrected chi connectivity index (χ2v) is 4.14. The molecular weight excluding hydrogens is 234 g/mol. The Bertz CT molecular complexity index is 688. The van der Waals surface area contributed by atoms with E-state index in [4.69, 9.17) is 5.73 Å². The first-order valence-corrected chi connectivity index (χ1v) is 5.42. The van der Waals surface area contributed by atoms with Crippen LogP contribution in [0.3, 0.4) is 0 Å². The predicted molar refractivity (Wildman–Crippen MR) is 69.6 cm³/mol. The van der Waals surface area contributed by atoms with Gasteiger partial charge in [0.15, 0.2) is 5.69 Å². The zero-order chi connectivity index (χ0) is 13.4. The predicted octanol–water partition coefficient (Wildman–Crippen LogP) is -0.0507. The fraction of sp³-hybridized carbons (Fsp3) is 0.273. The molecule has 0 aromatic carbocycles. The number of hydrogen-bond acceptors (Lipinski definition) is 4. The van der Waals surface area contributed by atoms with Crippen LogP contribution in [0.15, 0.2) is 21.7 Å². The van der Waals surface area contributed by atoms with Crippen LogP contribution in [-0.2, 0) is 7.05 Å². The van der Waals surface area contributed by atoms with Crippen LogP contribution in [-0.4, -0.2) is 14.2 Å². The summed E-state index contributed by atoms with van der Waals surface area (Å²) in [5, 5.41) is 0. The molecule has 0 aliphatic carbocycles. The maximum atomic E-state index is 11.7. The standard InChI is InChI=1S/C11H15N5O2/c1-6-4-5-7(2)16(6)14-8-9(12)15(3)11(18)13-10(8)17/h4-5,14H,12H2,1-3H3,(H,13,17,18). The minimum atomic E-state index is -0.539. The number of aromatic amines is 1. The van der Waals surface area contributed by atoms with Crippen molar-refractivity contribution in [1.82, 2.24) is 14.2 Å². The van der Waals surface area contributed by atoms with Gasteiger partial charge in [-0.25, -0.2) is 4.79 Å². The Morgan fingerprint density at radius 1 is 1.22 bits per heavy atom. The Labute approximate surface area is 103 Å². The molecule has 18 heavy (non-hydrogen) atoms. The summed E-state index contributed by atoms with van der Waals surface area (Å²) in [7, 11) is 1.49. The van der Waals surface area contributed by atoms with E-state index < -0.39 is 11.2 Å². The van der Waals surface area contributed by atoms with Gasteiger partial charge in [0.25, 0.3) is 5.56 Å². The number of nitrogen functional groups attached to an aromatic ring is 1. The van der Waals surface area contributed by atoms with E-state index in [2.05, 4.69) is 10.4 Å². The number of anilines is 2. The average molecular weight is 249 g/mol. The molecule has 0 radical (unpaired) electrons. The zero-order valence-corrected chi connectivity index (χ0v) is 10.4. The van der Waals surface area contributed by atoms with Crippen LogP contribution in [0, 0.1) is 13.8 Å². The van der Waals surface area contributed by atoms with E-state index in [1.165, 1.54) is 11.6 Å². The lowest BCUT2D eigenvalue weighted by Crippen LogP contribution is -2.33. The summed E-state index contributed by atoms with van der Waals surface area (Å²) in [5.41, 5.74) is 9.62. The molecule has 0 unspecified atom stereocenters. The highest BCUT2D eigenvalue weighted by Gasteiger charge is 2.11. The Kier molecular flexibility index (Phi) is 2.74. The molecule has 7 heteroatoms. The molecule has 0 fully saturated rings. The number of nitrogens with two attached hydrogens (primary N) is 1. The van der Waals surface area contributed by atoms with E-state index in [0.29, 0.717) is 0 Å². The van der Waals surface area contributed by atoms with Gasteiger partial charge in [-0.05, 0) is 26.0 Å². The molecule has 2 aromatic heterocycles. The van der Waals surface area contributed by atoms with Gasteiger partial charge >= 0.3 is 5.69 Å². The second kappa shape index (κ2) is 4.10. The number of aromatic nitrogens is 3. The Balaban J connectivity index is 2.58. The molecular formula is C11H15N5O2. The van der Waals surface area contributed by atoms with Crippen LogP contribution in [0.5, 0.6) is 0 Å². The first-order valence-electron chi connectivity index (χ1n) is 5.42. The highest BCUT2D eigenvalue weighted by Crippen LogP contribution is 2.12. The van der Waals surface area contributed by atoms with Gasteiger partial charge in [0, 0.05) is 18.4 Å². The van der Waals surface area contributed by atoms with Gasteiger partial charge in [0.2, 0.25) is 0 Å². The zero-order valence-electron chi connectivity index (χ0n) is 10.4. The average Bonchev–Trinajstić information content (AvgIpc) is 2.62. The number of nitrogens with zero attached hydrogens (tertiary/aromatic N) is 2. The summed E-state index contributed by atoms with van der Waals surface area (Å²) in [6, 6.07) is 3.82. The van der Waals surface area contributed by atoms with Crippen molar-refractivity contribution in [2.75, 3.05) is 11.2 Å². The minimum Gasteiger partial charge on any atom is -0.383 e. The van der Waals surface area contributed by atoms with Crippen LogP contribution in [0.4, 0.5) is 11.5 Å². The summed E-state index contributed by atoms with van der Waals surface area (Å²) in [6.45, 7) is 3.79. The lowest BCUT2D eigenvalue weighted by molar-refractivity contribution is 0.799. The van der Waals surface area contributed by atoms with Gasteiger partial charge in [-0.2, -0.15) is 0 Å². The van der Waals surface area contributed by atoms with Gasteiger partial charge in [0.1, 0.15) is 5.82 Å². The molecule has 0 amide bonds. The molecule has 0 saturated heterocycles. The first kappa shape index (κ1) is 12.0. The Morgan fingerprint density at radius 3 is 2.33 bits per heavy atom. The number of hydrogen-bond donors (Lipinski definition) is 3. The number of nitrogens with one attached hydrogen (secondary N) is 2. The van der Waals surface area contributed by atoms with Crippen LogP contribution in [0.2, 0.25) is 0 Å². The van der Waals surface area contributed by atoms with Gasteiger partial charge in [0.05, 0.1) is 0 Å². The van der Waals surface area contributed by atoms with E-state index in [1.54, 1.807) is 4.68 Å². The highest BCUT2D eigenvalue weighted by atomic mass is 16.2. The molecule has 0 atom stereocenters. The SMILES string of the molecule is Cc1ccc(C)n1Nc1c(N)n(C)c(=O)[nH]c1=O. The third kappa shape index (κ3) is 1.79. The molecule has 4 N–H and O–H groups in total. The highest BCUT2D eigenvalue weighted by molar-refractivity contribution is 5.60. The number of H-pyrrole nitrogens is 1. The van der Waals surface area contributed by atoms with Gasteiger partial charge in [-0.1, -0.05) is 0 Å². The van der Waals surface area contributed by atoms with Gasteiger partial charge in [-0.3, -0.25) is 24.4 Å². The van der Waals surface area contributed by atoms with E-state index >= 15 is 0 Å². The van der Waals surface area contributed by atoms with Crippen molar-refractivity contribution in [3.05, 3.63) is 44.4 Å². The van der Waals surface area contributed by atoms with E-state index in [1.807, 2.05) is 26.0 Å². The van der Waals surface area contributed by atoms with Gasteiger partial charge in [-0.15, -0.1) is 0 Å². The Morgan fingerprint density at radius 2 is 1.78 bits per heavy atom. The molecule has 96 valence electrons. The quantitative estimate of drug-likeness (QED) is 0.695. The largest absolute Gasteiger partial charge is 0.383 e. The monoisotopic (exact) mass is 249 g/mol. The third-order valence-electron chi connectivity index (χ3n) is 2.86.